The predicted molar refractivity (Wildman–Crippen MR) is 46.0 cm³/mol. The second kappa shape index (κ2) is 10.3. The van der Waals surface area contributed by atoms with Crippen molar-refractivity contribution in [1.29, 1.82) is 0 Å². The normalized spacial score (nSPS) is 11.1. The molecule has 13 heavy (non-hydrogen) atoms. The Kier molecular flexibility index (Phi) is 10.4. The minimum absolute atomic E-state index is 0.325. The highest BCUT2D eigenvalue weighted by Crippen LogP contribution is 2.34. The monoisotopic (exact) mass is 214 g/mol. The average Bonchev–Trinajstić information content (AvgIpc) is 2.17. The van der Waals surface area contributed by atoms with Gasteiger partial charge in [-0.05, 0) is 7.92 Å². The molecular formula is C6H15O6P. The molecule has 0 spiro atoms. The molecule has 0 amide bonds. The van der Waals surface area contributed by atoms with Crippen LogP contribution >= 0.6 is 7.92 Å². The molecule has 7 heteroatoms. The zero-order chi connectivity index (χ0) is 9.94. The van der Waals surface area contributed by atoms with E-state index in [9.17, 15) is 0 Å². The van der Waals surface area contributed by atoms with E-state index in [0.717, 1.165) is 0 Å². The SMILES string of the molecule is OCOCP(COCO)COCO. The number of hydrogen-bond acceptors (Lipinski definition) is 6. The molecule has 80 valence electrons. The maximum Gasteiger partial charge on any atom is 0.144 e. The molecule has 0 aromatic carbocycles. The Morgan fingerprint density at radius 2 is 1.00 bits per heavy atom. The van der Waals surface area contributed by atoms with E-state index in [1.54, 1.807) is 0 Å². The van der Waals surface area contributed by atoms with Crippen LogP contribution in [0.3, 0.4) is 0 Å². The molecule has 0 unspecified atom stereocenters. The molecule has 0 aliphatic heterocycles. The standard InChI is InChI=1S/C6H15O6P/c7-1-10-4-13(5-11-2-8)6-12-3-9/h7-9H,1-6H2. The van der Waals surface area contributed by atoms with Gasteiger partial charge in [-0.2, -0.15) is 0 Å². The zero-order valence-corrected chi connectivity index (χ0v) is 8.15. The molecule has 0 radical (unpaired) electrons. The molecule has 0 heterocycles. The van der Waals surface area contributed by atoms with Crippen LogP contribution in [-0.2, 0) is 14.2 Å². The Bertz CT molecular complexity index is 84.1. The van der Waals surface area contributed by atoms with Gasteiger partial charge in [0, 0.05) is 0 Å². The first-order valence-corrected chi connectivity index (χ1v) is 5.53. The van der Waals surface area contributed by atoms with Crippen molar-refractivity contribution in [2.45, 2.75) is 0 Å². The summed E-state index contributed by atoms with van der Waals surface area (Å²) in [6, 6.07) is 0. The predicted octanol–water partition coefficient (Wildman–Crippen LogP) is -0.760. The molecule has 0 rings (SSSR count). The average molecular weight is 214 g/mol. The number of ether oxygens (including phenoxy) is 3. The molecule has 6 nitrogen and oxygen atoms in total. The lowest BCUT2D eigenvalue weighted by molar-refractivity contribution is 0.00313. The highest BCUT2D eigenvalue weighted by atomic mass is 31.1. The summed E-state index contributed by atoms with van der Waals surface area (Å²) in [5.41, 5.74) is 0. The van der Waals surface area contributed by atoms with Crippen molar-refractivity contribution in [3.05, 3.63) is 0 Å². The molecule has 0 bridgehead atoms. The molecule has 0 saturated carbocycles. The van der Waals surface area contributed by atoms with Gasteiger partial charge < -0.3 is 29.5 Å². The fraction of sp³-hybridized carbons (Fsp3) is 1.00. The van der Waals surface area contributed by atoms with Gasteiger partial charge in [-0.15, -0.1) is 0 Å². The summed E-state index contributed by atoms with van der Waals surface area (Å²) >= 11 is 0. The third kappa shape index (κ3) is 8.52. The van der Waals surface area contributed by atoms with E-state index in [4.69, 9.17) is 29.5 Å². The van der Waals surface area contributed by atoms with Crippen LogP contribution in [-0.4, -0.2) is 54.7 Å². The zero-order valence-electron chi connectivity index (χ0n) is 7.26. The summed E-state index contributed by atoms with van der Waals surface area (Å²) < 4.78 is 14.3. The highest BCUT2D eigenvalue weighted by Gasteiger charge is 2.08. The van der Waals surface area contributed by atoms with Gasteiger partial charge in [-0.1, -0.05) is 0 Å². The van der Waals surface area contributed by atoms with E-state index in [-0.39, 0.29) is 20.4 Å². The summed E-state index contributed by atoms with van der Waals surface area (Å²) in [6.45, 7) is -1.05. The van der Waals surface area contributed by atoms with Crippen molar-refractivity contribution in [3.63, 3.8) is 0 Å². The Balaban J connectivity index is 3.47. The third-order valence-electron chi connectivity index (χ3n) is 1.10. The number of aliphatic hydroxyl groups is 3. The van der Waals surface area contributed by atoms with Crippen LogP contribution < -0.4 is 0 Å². The molecule has 0 aliphatic carbocycles. The molecule has 0 saturated heterocycles. The van der Waals surface area contributed by atoms with Crippen LogP contribution in [0, 0.1) is 0 Å². The molecule has 0 aromatic rings. The van der Waals surface area contributed by atoms with Gasteiger partial charge in [0.2, 0.25) is 0 Å². The van der Waals surface area contributed by atoms with Crippen LogP contribution in [0.1, 0.15) is 0 Å². The minimum Gasteiger partial charge on any atom is -0.371 e. The van der Waals surface area contributed by atoms with Gasteiger partial charge in [-0.25, -0.2) is 0 Å². The van der Waals surface area contributed by atoms with Crippen molar-refractivity contribution >= 4 is 7.92 Å². The number of rotatable bonds is 9. The highest BCUT2D eigenvalue weighted by molar-refractivity contribution is 7.57. The van der Waals surface area contributed by atoms with Crippen LogP contribution in [0.4, 0.5) is 0 Å². The van der Waals surface area contributed by atoms with Crippen LogP contribution in [0.5, 0.6) is 0 Å². The summed E-state index contributed by atoms with van der Waals surface area (Å²) in [6.07, 6.45) is 0.976. The fourth-order valence-corrected chi connectivity index (χ4v) is 1.86. The van der Waals surface area contributed by atoms with E-state index in [1.807, 2.05) is 0 Å². The summed E-state index contributed by atoms with van der Waals surface area (Å²) in [4.78, 5) is 0. The quantitative estimate of drug-likeness (QED) is 0.345. The minimum atomic E-state index is -0.725. The lowest BCUT2D eigenvalue weighted by atomic mass is 11.4. The van der Waals surface area contributed by atoms with Crippen LogP contribution in [0.2, 0.25) is 0 Å². The summed E-state index contributed by atoms with van der Waals surface area (Å²) in [5.74, 6) is 0. The van der Waals surface area contributed by atoms with Gasteiger partial charge in [0.15, 0.2) is 0 Å². The van der Waals surface area contributed by atoms with E-state index in [1.165, 1.54) is 0 Å². The second-order valence-corrected chi connectivity index (χ2v) is 4.17. The number of hydrogen-bond donors (Lipinski definition) is 3. The first kappa shape index (κ1) is 13.2. The van der Waals surface area contributed by atoms with E-state index < -0.39 is 7.92 Å². The fourth-order valence-electron chi connectivity index (χ4n) is 0.622. The Hall–Kier alpha value is 0.190. The van der Waals surface area contributed by atoms with Crippen molar-refractivity contribution < 1.29 is 29.5 Å². The molecular weight excluding hydrogens is 199 g/mol. The number of aliphatic hydroxyl groups excluding tert-OH is 3. The van der Waals surface area contributed by atoms with Gasteiger partial charge in [0.05, 0.1) is 19.0 Å². The maximum atomic E-state index is 8.37. The Morgan fingerprint density at radius 3 is 1.23 bits per heavy atom. The lowest BCUT2D eigenvalue weighted by Gasteiger charge is -2.15. The van der Waals surface area contributed by atoms with Gasteiger partial charge in [0.1, 0.15) is 20.4 Å². The Labute approximate surface area is 77.8 Å². The topological polar surface area (TPSA) is 88.4 Å². The van der Waals surface area contributed by atoms with Crippen molar-refractivity contribution in [3.8, 4) is 0 Å². The third-order valence-corrected chi connectivity index (χ3v) is 2.74. The van der Waals surface area contributed by atoms with Crippen molar-refractivity contribution in [2.24, 2.45) is 0 Å². The van der Waals surface area contributed by atoms with Crippen molar-refractivity contribution in [2.75, 3.05) is 39.4 Å². The molecule has 0 fully saturated rings. The molecule has 0 aromatic heterocycles. The maximum absolute atomic E-state index is 8.37. The van der Waals surface area contributed by atoms with Gasteiger partial charge in [-0.3, -0.25) is 0 Å². The van der Waals surface area contributed by atoms with E-state index in [0.29, 0.717) is 19.0 Å². The first-order valence-electron chi connectivity index (χ1n) is 3.63. The van der Waals surface area contributed by atoms with E-state index in [2.05, 4.69) is 0 Å². The molecule has 0 aliphatic rings. The second-order valence-electron chi connectivity index (χ2n) is 2.06. The lowest BCUT2D eigenvalue weighted by Crippen LogP contribution is -2.06. The first-order chi connectivity index (χ1) is 6.35. The summed E-state index contributed by atoms with van der Waals surface area (Å²) in [5, 5.41) is 25.1. The largest absolute Gasteiger partial charge is 0.371 e. The Morgan fingerprint density at radius 1 is 0.692 bits per heavy atom. The smallest absolute Gasteiger partial charge is 0.144 e. The van der Waals surface area contributed by atoms with Crippen LogP contribution in [0.15, 0.2) is 0 Å². The molecule has 0 atom stereocenters. The van der Waals surface area contributed by atoms with Gasteiger partial charge in [0.25, 0.3) is 0 Å². The summed E-state index contributed by atoms with van der Waals surface area (Å²) in [7, 11) is -0.725. The van der Waals surface area contributed by atoms with Crippen LogP contribution in [0.25, 0.3) is 0 Å². The van der Waals surface area contributed by atoms with Gasteiger partial charge >= 0.3 is 0 Å². The van der Waals surface area contributed by atoms with Crippen molar-refractivity contribution in [1.82, 2.24) is 0 Å². The van der Waals surface area contributed by atoms with E-state index >= 15 is 0 Å². The molecule has 3 N–H and O–H groups in total.